The minimum atomic E-state index is 0.889. The van der Waals surface area contributed by atoms with Gasteiger partial charge in [0.2, 0.25) is 0 Å². The predicted molar refractivity (Wildman–Crippen MR) is 84.4 cm³/mol. The van der Waals surface area contributed by atoms with Gasteiger partial charge in [0.1, 0.15) is 11.5 Å². The van der Waals surface area contributed by atoms with Crippen LogP contribution in [0.15, 0.2) is 54.7 Å². The second kappa shape index (κ2) is 5.78. The molecule has 3 heteroatoms. The van der Waals surface area contributed by atoms with Crippen molar-refractivity contribution >= 4 is 22.5 Å². The zero-order chi connectivity index (χ0) is 13.8. The molecule has 3 nitrogen and oxygen atoms in total. The summed E-state index contributed by atoms with van der Waals surface area (Å²) in [6.45, 7) is 3.24. The van der Waals surface area contributed by atoms with Crippen molar-refractivity contribution in [1.82, 2.24) is 9.55 Å². The van der Waals surface area contributed by atoms with E-state index in [9.17, 15) is 0 Å². The van der Waals surface area contributed by atoms with Crippen LogP contribution in [0.5, 0.6) is 0 Å². The van der Waals surface area contributed by atoms with Crippen molar-refractivity contribution in [1.29, 1.82) is 0 Å². The molecule has 0 aliphatic carbocycles. The van der Waals surface area contributed by atoms with Crippen LogP contribution >= 0.6 is 0 Å². The van der Waals surface area contributed by atoms with Crippen molar-refractivity contribution in [3.63, 3.8) is 0 Å². The third-order valence-electron chi connectivity index (χ3n) is 3.41. The van der Waals surface area contributed by atoms with Crippen LogP contribution in [0.25, 0.3) is 11.0 Å². The van der Waals surface area contributed by atoms with E-state index in [2.05, 4.69) is 35.1 Å². The fourth-order valence-corrected chi connectivity index (χ4v) is 2.31. The number of pyridine rings is 1. The highest BCUT2D eigenvalue weighted by Crippen LogP contribution is 2.20. The first-order chi connectivity index (χ1) is 9.86. The average Bonchev–Trinajstić information content (AvgIpc) is 2.89. The minimum absolute atomic E-state index is 0.889. The number of aromatic nitrogens is 2. The Morgan fingerprint density at radius 3 is 2.70 bits per heavy atom. The van der Waals surface area contributed by atoms with Crippen molar-refractivity contribution in [3.8, 4) is 0 Å². The molecule has 0 radical (unpaired) electrons. The molecule has 0 spiro atoms. The lowest BCUT2D eigenvalue weighted by molar-refractivity contribution is 0.646. The SMILES string of the molecule is CCCCn1ccc2ccc(Nc3ccccc3)nc21. The number of aryl methyl sites for hydroxylation is 1. The van der Waals surface area contributed by atoms with E-state index in [0.717, 1.165) is 23.7 Å². The Balaban J connectivity index is 1.89. The van der Waals surface area contributed by atoms with Crippen molar-refractivity contribution in [2.24, 2.45) is 0 Å². The number of rotatable bonds is 5. The van der Waals surface area contributed by atoms with E-state index in [0.29, 0.717) is 0 Å². The first kappa shape index (κ1) is 12.7. The number of unbranched alkanes of at least 4 members (excludes halogenated alkanes) is 1. The second-order valence-corrected chi connectivity index (χ2v) is 4.96. The highest BCUT2D eigenvalue weighted by atomic mass is 15.1. The van der Waals surface area contributed by atoms with Crippen molar-refractivity contribution in [2.45, 2.75) is 26.3 Å². The Morgan fingerprint density at radius 2 is 1.90 bits per heavy atom. The topological polar surface area (TPSA) is 29.9 Å². The number of anilines is 2. The molecule has 102 valence electrons. The van der Waals surface area contributed by atoms with E-state index in [1.54, 1.807) is 0 Å². The quantitative estimate of drug-likeness (QED) is 0.731. The maximum Gasteiger partial charge on any atom is 0.142 e. The van der Waals surface area contributed by atoms with Gasteiger partial charge in [0, 0.05) is 23.8 Å². The normalized spacial score (nSPS) is 10.8. The summed E-state index contributed by atoms with van der Waals surface area (Å²) in [4.78, 5) is 4.74. The van der Waals surface area contributed by atoms with E-state index < -0.39 is 0 Å². The Hall–Kier alpha value is -2.29. The molecule has 2 heterocycles. The molecule has 0 unspecified atom stereocenters. The van der Waals surface area contributed by atoms with Gasteiger partial charge in [-0.05, 0) is 36.8 Å². The molecule has 20 heavy (non-hydrogen) atoms. The molecular formula is C17H19N3. The number of hydrogen-bond acceptors (Lipinski definition) is 2. The number of para-hydroxylation sites is 1. The van der Waals surface area contributed by atoms with E-state index in [1.807, 2.05) is 36.4 Å². The van der Waals surface area contributed by atoms with Crippen LogP contribution in [0.4, 0.5) is 11.5 Å². The molecule has 0 saturated carbocycles. The van der Waals surface area contributed by atoms with Crippen LogP contribution in [0, 0.1) is 0 Å². The maximum absolute atomic E-state index is 4.74. The predicted octanol–water partition coefficient (Wildman–Crippen LogP) is 4.58. The molecule has 3 rings (SSSR count). The monoisotopic (exact) mass is 265 g/mol. The molecule has 0 bridgehead atoms. The highest BCUT2D eigenvalue weighted by Gasteiger charge is 2.04. The summed E-state index contributed by atoms with van der Waals surface area (Å²) in [6.07, 6.45) is 4.50. The fourth-order valence-electron chi connectivity index (χ4n) is 2.31. The fraction of sp³-hybridized carbons (Fsp3) is 0.235. The third-order valence-corrected chi connectivity index (χ3v) is 3.41. The summed E-state index contributed by atoms with van der Waals surface area (Å²) < 4.78 is 2.23. The van der Waals surface area contributed by atoms with Crippen LogP contribution in [0.3, 0.4) is 0 Å². The number of fused-ring (bicyclic) bond motifs is 1. The maximum atomic E-state index is 4.74. The molecule has 0 fully saturated rings. The first-order valence-electron chi connectivity index (χ1n) is 7.15. The van der Waals surface area contributed by atoms with Crippen molar-refractivity contribution in [3.05, 3.63) is 54.7 Å². The molecular weight excluding hydrogens is 246 g/mol. The molecule has 0 amide bonds. The van der Waals surface area contributed by atoms with Gasteiger partial charge in [-0.1, -0.05) is 31.5 Å². The summed E-state index contributed by atoms with van der Waals surface area (Å²) in [5.74, 6) is 0.889. The summed E-state index contributed by atoms with van der Waals surface area (Å²) in [7, 11) is 0. The summed E-state index contributed by atoms with van der Waals surface area (Å²) in [6, 6.07) is 16.4. The number of benzene rings is 1. The van der Waals surface area contributed by atoms with Crippen LogP contribution in [0.2, 0.25) is 0 Å². The van der Waals surface area contributed by atoms with E-state index in [-0.39, 0.29) is 0 Å². The zero-order valence-electron chi connectivity index (χ0n) is 11.7. The lowest BCUT2D eigenvalue weighted by Gasteiger charge is -2.07. The molecule has 0 atom stereocenters. The Labute approximate surface area is 119 Å². The van der Waals surface area contributed by atoms with Crippen LogP contribution in [-0.4, -0.2) is 9.55 Å². The molecule has 0 saturated heterocycles. The lowest BCUT2D eigenvalue weighted by Crippen LogP contribution is -1.99. The molecule has 1 N–H and O–H groups in total. The number of nitrogens with zero attached hydrogens (tertiary/aromatic N) is 2. The summed E-state index contributed by atoms with van der Waals surface area (Å²) in [5, 5.41) is 4.54. The van der Waals surface area contributed by atoms with Gasteiger partial charge >= 0.3 is 0 Å². The molecule has 0 aliphatic rings. The van der Waals surface area contributed by atoms with Gasteiger partial charge in [-0.25, -0.2) is 4.98 Å². The highest BCUT2D eigenvalue weighted by molar-refractivity contribution is 5.78. The van der Waals surface area contributed by atoms with Crippen molar-refractivity contribution < 1.29 is 0 Å². The van der Waals surface area contributed by atoms with Gasteiger partial charge in [0.25, 0.3) is 0 Å². The molecule has 0 aliphatic heterocycles. The Bertz CT molecular complexity index is 686. The molecule has 3 aromatic rings. The Morgan fingerprint density at radius 1 is 1.05 bits per heavy atom. The van der Waals surface area contributed by atoms with E-state index in [1.165, 1.54) is 18.2 Å². The van der Waals surface area contributed by atoms with Crippen molar-refractivity contribution in [2.75, 3.05) is 5.32 Å². The standard InChI is InChI=1S/C17H19N3/c1-2-3-12-20-13-11-14-9-10-16(19-17(14)20)18-15-7-5-4-6-8-15/h4-11,13H,2-3,12H2,1H3,(H,18,19). The Kier molecular flexibility index (Phi) is 3.68. The van der Waals surface area contributed by atoms with Crippen LogP contribution < -0.4 is 5.32 Å². The van der Waals surface area contributed by atoms with Gasteiger partial charge in [-0.15, -0.1) is 0 Å². The average molecular weight is 265 g/mol. The molecule has 2 aromatic heterocycles. The lowest BCUT2D eigenvalue weighted by atomic mass is 10.3. The third kappa shape index (κ3) is 2.67. The van der Waals surface area contributed by atoms with Gasteiger partial charge in [0.15, 0.2) is 0 Å². The summed E-state index contributed by atoms with van der Waals surface area (Å²) in [5.41, 5.74) is 2.12. The van der Waals surface area contributed by atoms with E-state index in [4.69, 9.17) is 4.98 Å². The smallest absolute Gasteiger partial charge is 0.142 e. The number of nitrogens with one attached hydrogen (secondary N) is 1. The molecule has 1 aromatic carbocycles. The number of hydrogen-bond donors (Lipinski definition) is 1. The van der Waals surface area contributed by atoms with Crippen LogP contribution in [0.1, 0.15) is 19.8 Å². The van der Waals surface area contributed by atoms with Gasteiger partial charge in [-0.2, -0.15) is 0 Å². The largest absolute Gasteiger partial charge is 0.340 e. The van der Waals surface area contributed by atoms with Gasteiger partial charge in [-0.3, -0.25) is 0 Å². The summed E-state index contributed by atoms with van der Waals surface area (Å²) >= 11 is 0. The van der Waals surface area contributed by atoms with Gasteiger partial charge in [0.05, 0.1) is 0 Å². The zero-order valence-corrected chi connectivity index (χ0v) is 11.7. The van der Waals surface area contributed by atoms with Gasteiger partial charge < -0.3 is 9.88 Å². The van der Waals surface area contributed by atoms with E-state index >= 15 is 0 Å². The first-order valence-corrected chi connectivity index (χ1v) is 7.15. The van der Waals surface area contributed by atoms with Crippen LogP contribution in [-0.2, 0) is 6.54 Å². The minimum Gasteiger partial charge on any atom is -0.340 e. The second-order valence-electron chi connectivity index (χ2n) is 4.96.